The molecule has 1 unspecified atom stereocenters. The summed E-state index contributed by atoms with van der Waals surface area (Å²) in [6, 6.07) is 15.6. The summed E-state index contributed by atoms with van der Waals surface area (Å²) in [7, 11) is -3.55. The zero-order valence-corrected chi connectivity index (χ0v) is 19.1. The van der Waals surface area contributed by atoms with Crippen molar-refractivity contribution in [3.63, 3.8) is 0 Å². The molecule has 0 saturated carbocycles. The second kappa shape index (κ2) is 11.2. The molecule has 0 aliphatic carbocycles. The lowest BCUT2D eigenvalue weighted by Gasteiger charge is -2.25. The molecule has 172 valence electrons. The number of benzene rings is 2. The molecule has 1 amide bonds. The zero-order chi connectivity index (χ0) is 23.0. The lowest BCUT2D eigenvalue weighted by molar-refractivity contribution is -0.124. The highest BCUT2D eigenvalue weighted by atomic mass is 32.2. The van der Waals surface area contributed by atoms with Gasteiger partial charge in [0.05, 0.1) is 10.5 Å². The normalized spacial score (nSPS) is 15.7. The molecule has 1 atom stereocenters. The number of hydrogen-bond acceptors (Lipinski definition) is 5. The number of amides is 1. The van der Waals surface area contributed by atoms with Crippen LogP contribution in [0.25, 0.3) is 0 Å². The van der Waals surface area contributed by atoms with E-state index in [1.54, 1.807) is 0 Å². The average molecular weight is 459 g/mol. The monoisotopic (exact) mass is 458 g/mol. The topological polar surface area (TPSA) is 92.8 Å². The number of esters is 1. The van der Waals surface area contributed by atoms with Crippen LogP contribution in [0.2, 0.25) is 0 Å². The van der Waals surface area contributed by atoms with E-state index in [2.05, 4.69) is 5.32 Å². The first-order valence-electron chi connectivity index (χ1n) is 11.0. The fourth-order valence-corrected chi connectivity index (χ4v) is 5.17. The van der Waals surface area contributed by atoms with Crippen molar-refractivity contribution in [2.24, 2.45) is 0 Å². The van der Waals surface area contributed by atoms with Crippen LogP contribution in [0.15, 0.2) is 59.5 Å². The third-order valence-corrected chi connectivity index (χ3v) is 7.41. The van der Waals surface area contributed by atoms with Crippen molar-refractivity contribution in [3.8, 4) is 0 Å². The minimum atomic E-state index is -3.55. The highest BCUT2D eigenvalue weighted by molar-refractivity contribution is 7.89. The molecule has 1 fully saturated rings. The van der Waals surface area contributed by atoms with Crippen LogP contribution in [0.5, 0.6) is 0 Å². The zero-order valence-electron chi connectivity index (χ0n) is 18.3. The maximum absolute atomic E-state index is 12.7. The first-order chi connectivity index (χ1) is 15.4. The number of carbonyl (C=O) groups excluding carboxylic acids is 2. The SMILES string of the molecule is CC(CCc1ccccc1)NC(=O)COC(=O)c1ccc(S(=O)(=O)N2CCCCC2)cc1. The predicted octanol–water partition coefficient (Wildman–Crippen LogP) is 3.16. The van der Waals surface area contributed by atoms with Gasteiger partial charge in [-0.1, -0.05) is 36.8 Å². The van der Waals surface area contributed by atoms with E-state index < -0.39 is 16.0 Å². The molecule has 2 aromatic rings. The number of carbonyl (C=O) groups is 2. The lowest BCUT2D eigenvalue weighted by atomic mass is 10.1. The van der Waals surface area contributed by atoms with Crippen LogP contribution in [0.4, 0.5) is 0 Å². The van der Waals surface area contributed by atoms with Gasteiger partial charge in [-0.3, -0.25) is 4.79 Å². The van der Waals surface area contributed by atoms with Crippen LogP contribution in [-0.2, 0) is 26.0 Å². The minimum absolute atomic E-state index is 0.0549. The summed E-state index contributed by atoms with van der Waals surface area (Å²) in [6.07, 6.45) is 4.37. The van der Waals surface area contributed by atoms with Crippen LogP contribution in [0, 0.1) is 0 Å². The average Bonchev–Trinajstić information content (AvgIpc) is 2.82. The molecule has 8 heteroatoms. The molecule has 7 nitrogen and oxygen atoms in total. The Balaban J connectivity index is 1.45. The van der Waals surface area contributed by atoms with Gasteiger partial charge in [-0.05, 0) is 62.4 Å². The summed E-state index contributed by atoms with van der Waals surface area (Å²) < 4.78 is 31.9. The van der Waals surface area contributed by atoms with Crippen LogP contribution in [0.1, 0.15) is 48.5 Å². The van der Waals surface area contributed by atoms with Crippen molar-refractivity contribution in [2.45, 2.75) is 50.0 Å². The molecule has 1 aliphatic heterocycles. The Bertz CT molecular complexity index is 1000. The molecule has 2 aromatic carbocycles. The number of ether oxygens (including phenoxy) is 1. The van der Waals surface area contributed by atoms with Gasteiger partial charge in [-0.15, -0.1) is 0 Å². The third kappa shape index (κ3) is 6.64. The molecule has 1 saturated heterocycles. The Hall–Kier alpha value is -2.71. The van der Waals surface area contributed by atoms with Gasteiger partial charge in [0, 0.05) is 19.1 Å². The molecule has 0 aromatic heterocycles. The number of nitrogens with one attached hydrogen (secondary N) is 1. The van der Waals surface area contributed by atoms with Gasteiger partial charge in [-0.25, -0.2) is 13.2 Å². The van der Waals surface area contributed by atoms with Crippen LogP contribution in [0.3, 0.4) is 0 Å². The first kappa shape index (κ1) is 23.9. The van der Waals surface area contributed by atoms with E-state index in [0.717, 1.165) is 32.1 Å². The Morgan fingerprint density at radius 3 is 2.31 bits per heavy atom. The number of sulfonamides is 1. The second-order valence-electron chi connectivity index (χ2n) is 8.06. The van der Waals surface area contributed by atoms with Crippen molar-refractivity contribution < 1.29 is 22.7 Å². The van der Waals surface area contributed by atoms with E-state index in [9.17, 15) is 18.0 Å². The maximum Gasteiger partial charge on any atom is 0.338 e. The lowest BCUT2D eigenvalue weighted by Crippen LogP contribution is -2.36. The van der Waals surface area contributed by atoms with Gasteiger partial charge in [0.25, 0.3) is 5.91 Å². The largest absolute Gasteiger partial charge is 0.452 e. The van der Waals surface area contributed by atoms with E-state index in [1.165, 1.54) is 34.1 Å². The molecule has 1 aliphatic rings. The molecule has 3 rings (SSSR count). The Morgan fingerprint density at radius 1 is 1.00 bits per heavy atom. The highest BCUT2D eigenvalue weighted by Crippen LogP contribution is 2.21. The molecular weight excluding hydrogens is 428 g/mol. The molecule has 0 bridgehead atoms. The molecule has 0 radical (unpaired) electrons. The van der Waals surface area contributed by atoms with Gasteiger partial charge in [0.2, 0.25) is 10.0 Å². The van der Waals surface area contributed by atoms with E-state index in [0.29, 0.717) is 13.1 Å². The summed E-state index contributed by atoms with van der Waals surface area (Å²) in [5.41, 5.74) is 1.40. The van der Waals surface area contributed by atoms with Crippen molar-refractivity contribution in [1.82, 2.24) is 9.62 Å². The predicted molar refractivity (Wildman–Crippen MR) is 122 cm³/mol. The van der Waals surface area contributed by atoms with Gasteiger partial charge < -0.3 is 10.1 Å². The number of nitrogens with zero attached hydrogens (tertiary/aromatic N) is 1. The summed E-state index contributed by atoms with van der Waals surface area (Å²) in [5.74, 6) is -1.04. The van der Waals surface area contributed by atoms with Crippen molar-refractivity contribution in [1.29, 1.82) is 0 Å². The van der Waals surface area contributed by atoms with Crippen molar-refractivity contribution in [3.05, 3.63) is 65.7 Å². The third-order valence-electron chi connectivity index (χ3n) is 5.49. The van der Waals surface area contributed by atoms with Crippen LogP contribution < -0.4 is 5.32 Å². The van der Waals surface area contributed by atoms with E-state index in [1.807, 2.05) is 37.3 Å². The maximum atomic E-state index is 12.7. The Kier molecular flexibility index (Phi) is 8.41. The Morgan fingerprint density at radius 2 is 1.66 bits per heavy atom. The number of rotatable bonds is 9. The quantitative estimate of drug-likeness (QED) is 0.583. The number of aryl methyl sites for hydroxylation is 1. The van der Waals surface area contributed by atoms with E-state index in [4.69, 9.17) is 4.74 Å². The van der Waals surface area contributed by atoms with Crippen molar-refractivity contribution in [2.75, 3.05) is 19.7 Å². The van der Waals surface area contributed by atoms with Gasteiger partial charge in [-0.2, -0.15) is 4.31 Å². The summed E-state index contributed by atoms with van der Waals surface area (Å²) in [5, 5.41) is 2.82. The van der Waals surface area contributed by atoms with E-state index >= 15 is 0 Å². The highest BCUT2D eigenvalue weighted by Gasteiger charge is 2.26. The number of piperidine rings is 1. The second-order valence-corrected chi connectivity index (χ2v) is 10.00. The molecular formula is C24H30N2O5S. The fourth-order valence-electron chi connectivity index (χ4n) is 3.65. The van der Waals surface area contributed by atoms with Gasteiger partial charge in [0.15, 0.2) is 6.61 Å². The van der Waals surface area contributed by atoms with Gasteiger partial charge in [0.1, 0.15) is 0 Å². The standard InChI is InChI=1S/C24H30N2O5S/c1-19(10-11-20-8-4-2-5-9-20)25-23(27)18-31-24(28)21-12-14-22(15-13-21)32(29,30)26-16-6-3-7-17-26/h2,4-5,8-9,12-15,19H,3,6-7,10-11,16-18H2,1H3,(H,25,27). The minimum Gasteiger partial charge on any atom is -0.452 e. The Labute approximate surface area is 189 Å². The van der Waals surface area contributed by atoms with Crippen LogP contribution in [-0.4, -0.2) is 50.3 Å². The molecule has 1 heterocycles. The fraction of sp³-hybridized carbons (Fsp3) is 0.417. The first-order valence-corrected chi connectivity index (χ1v) is 12.4. The number of hydrogen-bond donors (Lipinski definition) is 1. The van der Waals surface area contributed by atoms with Gasteiger partial charge >= 0.3 is 5.97 Å². The molecule has 32 heavy (non-hydrogen) atoms. The van der Waals surface area contributed by atoms with Crippen LogP contribution >= 0.6 is 0 Å². The summed E-state index contributed by atoms with van der Waals surface area (Å²) >= 11 is 0. The molecule has 1 N–H and O–H groups in total. The smallest absolute Gasteiger partial charge is 0.338 e. The summed E-state index contributed by atoms with van der Waals surface area (Å²) in [4.78, 5) is 24.5. The van der Waals surface area contributed by atoms with E-state index in [-0.39, 0.29) is 29.0 Å². The van der Waals surface area contributed by atoms with Crippen molar-refractivity contribution >= 4 is 21.9 Å². The molecule has 0 spiro atoms. The summed E-state index contributed by atoms with van der Waals surface area (Å²) in [6.45, 7) is 2.56.